The van der Waals surface area contributed by atoms with Crippen LogP contribution in [0.15, 0.2) is 64.4 Å². The minimum atomic E-state index is -0.564. The highest BCUT2D eigenvalue weighted by molar-refractivity contribution is 6.32. The molecular weight excluding hydrogens is 392 g/mol. The molecule has 0 aliphatic rings. The zero-order valence-corrected chi connectivity index (χ0v) is 15.8. The number of hydrogen-bond donors (Lipinski definition) is 3. The van der Waals surface area contributed by atoms with Crippen LogP contribution in [0.2, 0.25) is 5.15 Å². The van der Waals surface area contributed by atoms with E-state index in [1.807, 2.05) is 30.3 Å². The molecule has 4 rings (SSSR count). The van der Waals surface area contributed by atoms with Gasteiger partial charge in [-0.2, -0.15) is 4.99 Å². The van der Waals surface area contributed by atoms with Gasteiger partial charge in [0.2, 0.25) is 6.08 Å². The number of aliphatic imine (C=N–C) groups is 1. The first-order valence-electron chi connectivity index (χ1n) is 8.78. The lowest BCUT2D eigenvalue weighted by Gasteiger charge is -2.07. The van der Waals surface area contributed by atoms with Gasteiger partial charge in [0.25, 0.3) is 5.56 Å². The van der Waals surface area contributed by atoms with Crippen molar-refractivity contribution < 1.29 is 9.90 Å². The Morgan fingerprint density at radius 3 is 2.69 bits per heavy atom. The van der Waals surface area contributed by atoms with Crippen molar-refractivity contribution in [2.24, 2.45) is 4.99 Å². The van der Waals surface area contributed by atoms with Crippen LogP contribution in [0.25, 0.3) is 22.2 Å². The maximum absolute atomic E-state index is 11.5. The monoisotopic (exact) mass is 406 g/mol. The van der Waals surface area contributed by atoms with Crippen molar-refractivity contribution in [2.75, 3.05) is 0 Å². The van der Waals surface area contributed by atoms with Gasteiger partial charge in [-0.15, -0.1) is 0 Å². The number of halogens is 1. The fourth-order valence-corrected chi connectivity index (χ4v) is 3.45. The van der Waals surface area contributed by atoms with Crippen molar-refractivity contribution in [3.05, 3.63) is 81.5 Å². The normalized spacial score (nSPS) is 11.9. The summed E-state index contributed by atoms with van der Waals surface area (Å²) in [4.78, 5) is 36.5. The van der Waals surface area contributed by atoms with Crippen molar-refractivity contribution in [1.82, 2.24) is 15.0 Å². The van der Waals surface area contributed by atoms with Gasteiger partial charge in [0.15, 0.2) is 0 Å². The first-order chi connectivity index (χ1) is 14.0. The highest BCUT2D eigenvalue weighted by Crippen LogP contribution is 2.32. The zero-order chi connectivity index (χ0) is 20.4. The molecular formula is C21H15ClN4O3. The van der Waals surface area contributed by atoms with Gasteiger partial charge in [-0.25, -0.2) is 9.78 Å². The first-order valence-corrected chi connectivity index (χ1v) is 9.15. The summed E-state index contributed by atoms with van der Waals surface area (Å²) in [6.07, 6.45) is 2.05. The van der Waals surface area contributed by atoms with Crippen LogP contribution in [0, 0.1) is 0 Å². The first kappa shape index (κ1) is 18.7. The van der Waals surface area contributed by atoms with E-state index in [-0.39, 0.29) is 10.9 Å². The maximum Gasteiger partial charge on any atom is 0.252 e. The van der Waals surface area contributed by atoms with E-state index in [2.05, 4.69) is 19.9 Å². The Labute approximate surface area is 169 Å². The third-order valence-electron chi connectivity index (χ3n) is 4.57. The predicted octanol–water partition coefficient (Wildman–Crippen LogP) is 3.90. The van der Waals surface area contributed by atoms with Crippen molar-refractivity contribution >= 4 is 28.6 Å². The lowest BCUT2D eigenvalue weighted by atomic mass is 10.1. The molecule has 0 unspecified atom stereocenters. The number of fused-ring (bicyclic) bond motifs is 1. The van der Waals surface area contributed by atoms with Gasteiger partial charge in [0.05, 0.1) is 5.52 Å². The van der Waals surface area contributed by atoms with Crippen LogP contribution in [-0.4, -0.2) is 26.1 Å². The molecule has 0 saturated heterocycles. The highest BCUT2D eigenvalue weighted by atomic mass is 35.5. The maximum atomic E-state index is 11.5. The Balaban J connectivity index is 1.74. The molecule has 7 nitrogen and oxygen atoms in total. The topological polar surface area (TPSA) is 111 Å². The summed E-state index contributed by atoms with van der Waals surface area (Å²) >= 11 is 6.36. The lowest BCUT2D eigenvalue weighted by Crippen LogP contribution is -2.03. The second-order valence-electron chi connectivity index (χ2n) is 6.49. The van der Waals surface area contributed by atoms with Gasteiger partial charge in [-0.3, -0.25) is 4.79 Å². The largest absolute Gasteiger partial charge is 0.507 e. The molecule has 0 aliphatic carbocycles. The fraction of sp³-hybridized carbons (Fsp3) is 0.0952. The molecule has 0 spiro atoms. The molecule has 0 saturated carbocycles. The summed E-state index contributed by atoms with van der Waals surface area (Å²) in [5.74, 6) is 0.299. The summed E-state index contributed by atoms with van der Waals surface area (Å²) < 4.78 is 0. The van der Waals surface area contributed by atoms with E-state index < -0.39 is 11.6 Å². The van der Waals surface area contributed by atoms with Gasteiger partial charge in [-0.1, -0.05) is 48.0 Å². The van der Waals surface area contributed by atoms with E-state index in [0.29, 0.717) is 34.4 Å². The SMILES string of the molecule is O=C=N[C@@H](Cc1ccccc1)c1nc(-c2ccc3[nH]c(=O)cc(O)c3c2)c(Cl)[nH]1. The summed E-state index contributed by atoms with van der Waals surface area (Å²) in [7, 11) is 0. The number of carbonyl (C=O) groups excluding carboxylic acids is 1. The molecule has 0 fully saturated rings. The molecule has 3 N–H and O–H groups in total. The number of pyridine rings is 1. The van der Waals surface area contributed by atoms with Crippen LogP contribution in [-0.2, 0) is 11.2 Å². The molecule has 0 aliphatic heterocycles. The van der Waals surface area contributed by atoms with Crippen LogP contribution in [0.1, 0.15) is 17.4 Å². The highest BCUT2D eigenvalue weighted by Gasteiger charge is 2.19. The second-order valence-corrected chi connectivity index (χ2v) is 6.87. The van der Waals surface area contributed by atoms with Gasteiger partial charge in [0.1, 0.15) is 28.5 Å². The third-order valence-corrected chi connectivity index (χ3v) is 4.84. The Hall–Kier alpha value is -3.67. The Morgan fingerprint density at radius 1 is 1.14 bits per heavy atom. The van der Waals surface area contributed by atoms with E-state index in [9.17, 15) is 14.7 Å². The fourth-order valence-electron chi connectivity index (χ4n) is 3.21. The molecule has 144 valence electrons. The summed E-state index contributed by atoms with van der Waals surface area (Å²) in [6, 6.07) is 15.2. The number of rotatable bonds is 5. The number of aromatic hydroxyl groups is 1. The molecule has 1 atom stereocenters. The number of aromatic amines is 2. The molecule has 0 radical (unpaired) electrons. The number of H-pyrrole nitrogens is 2. The number of benzene rings is 2. The van der Waals surface area contributed by atoms with Crippen LogP contribution in [0.3, 0.4) is 0 Å². The standard InChI is InChI=1S/C21H15ClN4O3/c22-20-19(13-6-7-15-14(9-13)17(28)10-18(29)24-15)25-21(26-20)16(23-11-27)8-12-4-2-1-3-5-12/h1-7,9-10,16H,8H2,(H,25,26)(H2,24,28,29)/t16-/m0/s1. The molecule has 4 aromatic rings. The van der Waals surface area contributed by atoms with E-state index >= 15 is 0 Å². The molecule has 29 heavy (non-hydrogen) atoms. The molecule has 0 amide bonds. The average molecular weight is 407 g/mol. The number of nitrogens with zero attached hydrogens (tertiary/aromatic N) is 2. The van der Waals surface area contributed by atoms with Crippen molar-refractivity contribution in [2.45, 2.75) is 12.5 Å². The molecule has 0 bridgehead atoms. The summed E-state index contributed by atoms with van der Waals surface area (Å²) in [6.45, 7) is 0. The van der Waals surface area contributed by atoms with E-state index in [1.54, 1.807) is 24.3 Å². The van der Waals surface area contributed by atoms with Crippen LogP contribution >= 0.6 is 11.6 Å². The number of imidazole rings is 1. The van der Waals surface area contributed by atoms with Gasteiger partial charge >= 0.3 is 0 Å². The van der Waals surface area contributed by atoms with Crippen molar-refractivity contribution in [3.8, 4) is 17.0 Å². The van der Waals surface area contributed by atoms with E-state index in [1.165, 1.54) is 0 Å². The van der Waals surface area contributed by atoms with Crippen LogP contribution < -0.4 is 5.56 Å². The molecule has 2 aromatic heterocycles. The molecule has 2 aromatic carbocycles. The zero-order valence-electron chi connectivity index (χ0n) is 15.0. The molecule has 8 heteroatoms. The van der Waals surface area contributed by atoms with Gasteiger partial charge < -0.3 is 15.1 Å². The Morgan fingerprint density at radius 2 is 1.93 bits per heavy atom. The van der Waals surface area contributed by atoms with Gasteiger partial charge in [0, 0.05) is 23.4 Å². The van der Waals surface area contributed by atoms with Gasteiger partial charge in [-0.05, 0) is 17.7 Å². The number of isocyanates is 1. The average Bonchev–Trinajstić information content (AvgIpc) is 3.10. The second kappa shape index (κ2) is 7.75. The predicted molar refractivity (Wildman–Crippen MR) is 110 cm³/mol. The smallest absolute Gasteiger partial charge is 0.252 e. The van der Waals surface area contributed by atoms with Crippen LogP contribution in [0.4, 0.5) is 0 Å². The van der Waals surface area contributed by atoms with E-state index in [0.717, 1.165) is 11.6 Å². The van der Waals surface area contributed by atoms with Crippen molar-refractivity contribution in [1.29, 1.82) is 0 Å². The van der Waals surface area contributed by atoms with E-state index in [4.69, 9.17) is 11.6 Å². The minimum absolute atomic E-state index is 0.134. The van der Waals surface area contributed by atoms with Crippen molar-refractivity contribution in [3.63, 3.8) is 0 Å². The lowest BCUT2D eigenvalue weighted by molar-refractivity contribution is 0.480. The quantitative estimate of drug-likeness (QED) is 0.344. The summed E-state index contributed by atoms with van der Waals surface area (Å²) in [5.41, 5.74) is 2.19. The Bertz CT molecular complexity index is 1290. The number of aromatic nitrogens is 3. The summed E-state index contributed by atoms with van der Waals surface area (Å²) in [5, 5.41) is 10.8. The Kier molecular flexibility index (Phi) is 4.99. The molecule has 2 heterocycles. The minimum Gasteiger partial charge on any atom is -0.507 e. The number of hydrogen-bond acceptors (Lipinski definition) is 5. The van der Waals surface area contributed by atoms with Crippen LogP contribution in [0.5, 0.6) is 5.75 Å². The number of nitrogens with one attached hydrogen (secondary N) is 2. The third kappa shape index (κ3) is 3.82.